The van der Waals surface area contributed by atoms with Gasteiger partial charge in [0.15, 0.2) is 0 Å². The molecule has 15 heavy (non-hydrogen) atoms. The van der Waals surface area contributed by atoms with Gasteiger partial charge in [-0.2, -0.15) is 0 Å². The summed E-state index contributed by atoms with van der Waals surface area (Å²) in [5.74, 6) is -4.68. The molecule has 0 aliphatic carbocycles. The quantitative estimate of drug-likeness (QED) is 0.348. The molecule has 0 aliphatic rings. The fourth-order valence-electron chi connectivity index (χ4n) is 1.52. The van der Waals surface area contributed by atoms with Gasteiger partial charge in [0.2, 0.25) is 0 Å². The van der Waals surface area contributed by atoms with Gasteiger partial charge >= 0.3 is 70.2 Å². The minimum Gasteiger partial charge on any atom is -0.549 e. The third-order valence-electron chi connectivity index (χ3n) is 2.15. The SMILES string of the molecule is CCCC(C)(C)C(C(=O)[O-])C(=O)[O-].[K+].[Li+]. The first-order chi connectivity index (χ1) is 5.83. The summed E-state index contributed by atoms with van der Waals surface area (Å²) >= 11 is 0. The Balaban J connectivity index is -0.000000720. The van der Waals surface area contributed by atoms with Crippen LogP contribution in [0.4, 0.5) is 0 Å². The standard InChI is InChI=1S/C9H16O4.K.Li/c1-4-5-9(2,3)6(7(10)11)8(12)13;;/h6H,4-5H2,1-3H3,(H,10,11)(H,12,13);;/q;2*+1/p-2. The van der Waals surface area contributed by atoms with E-state index in [1.54, 1.807) is 13.8 Å². The molecule has 76 valence electrons. The van der Waals surface area contributed by atoms with E-state index in [-0.39, 0.29) is 70.2 Å². The summed E-state index contributed by atoms with van der Waals surface area (Å²) in [5.41, 5.74) is -0.813. The maximum atomic E-state index is 10.5. The van der Waals surface area contributed by atoms with Crippen molar-refractivity contribution in [3.63, 3.8) is 0 Å². The van der Waals surface area contributed by atoms with Gasteiger partial charge in [0.25, 0.3) is 0 Å². The number of carboxylic acids is 2. The first kappa shape index (κ1) is 21.5. The molecule has 0 aromatic heterocycles. The smallest absolute Gasteiger partial charge is 0.549 e. The van der Waals surface area contributed by atoms with Crippen LogP contribution in [-0.4, -0.2) is 11.9 Å². The minimum atomic E-state index is -1.57. The summed E-state index contributed by atoms with van der Waals surface area (Å²) in [4.78, 5) is 21.1. The van der Waals surface area contributed by atoms with Crippen molar-refractivity contribution in [1.82, 2.24) is 0 Å². The van der Waals surface area contributed by atoms with E-state index < -0.39 is 23.3 Å². The summed E-state index contributed by atoms with van der Waals surface area (Å²) in [6, 6.07) is 0. The van der Waals surface area contributed by atoms with Crippen LogP contribution in [0.1, 0.15) is 33.6 Å². The maximum absolute atomic E-state index is 10.5. The molecule has 6 heteroatoms. The molecule has 0 aromatic rings. The van der Waals surface area contributed by atoms with Crippen LogP contribution in [0.15, 0.2) is 0 Å². The molecule has 0 saturated carbocycles. The zero-order valence-corrected chi connectivity index (χ0v) is 13.2. The fourth-order valence-corrected chi connectivity index (χ4v) is 1.52. The monoisotopic (exact) mass is 232 g/mol. The van der Waals surface area contributed by atoms with Crippen LogP contribution < -0.4 is 80.5 Å². The Morgan fingerprint density at radius 1 is 1.20 bits per heavy atom. The zero-order chi connectivity index (χ0) is 10.6. The molecule has 0 fully saturated rings. The molecule has 0 aliphatic heterocycles. The predicted molar refractivity (Wildman–Crippen MR) is 42.2 cm³/mol. The molecule has 0 saturated heterocycles. The van der Waals surface area contributed by atoms with Crippen molar-refractivity contribution in [3.05, 3.63) is 0 Å². The molecule has 0 amide bonds. The third-order valence-corrected chi connectivity index (χ3v) is 2.15. The fraction of sp³-hybridized carbons (Fsp3) is 0.778. The maximum Gasteiger partial charge on any atom is 1.00 e. The van der Waals surface area contributed by atoms with Crippen LogP contribution in [0, 0.1) is 11.3 Å². The van der Waals surface area contributed by atoms with Crippen LogP contribution in [0.3, 0.4) is 0 Å². The van der Waals surface area contributed by atoms with E-state index in [2.05, 4.69) is 0 Å². The van der Waals surface area contributed by atoms with E-state index in [1.165, 1.54) is 0 Å². The van der Waals surface area contributed by atoms with Crippen LogP contribution in [-0.2, 0) is 9.59 Å². The minimum absolute atomic E-state index is 0. The van der Waals surface area contributed by atoms with E-state index in [1.807, 2.05) is 6.92 Å². The second kappa shape index (κ2) is 9.23. The van der Waals surface area contributed by atoms with Crippen LogP contribution in [0.25, 0.3) is 0 Å². The first-order valence-corrected chi connectivity index (χ1v) is 4.24. The molecule has 0 N–H and O–H groups in total. The molecule has 0 atom stereocenters. The van der Waals surface area contributed by atoms with Gasteiger partial charge in [0, 0.05) is 5.92 Å². The number of rotatable bonds is 5. The molecule has 0 bridgehead atoms. The number of hydrogen-bond donors (Lipinski definition) is 0. The number of carbonyl (C=O) groups is 2. The Morgan fingerprint density at radius 3 is 1.73 bits per heavy atom. The van der Waals surface area contributed by atoms with Gasteiger partial charge in [-0.05, 0) is 11.8 Å². The van der Waals surface area contributed by atoms with Crippen molar-refractivity contribution in [2.45, 2.75) is 33.6 Å². The molecular formula is C9H14KLiO4. The van der Waals surface area contributed by atoms with Crippen molar-refractivity contribution in [1.29, 1.82) is 0 Å². The topological polar surface area (TPSA) is 80.3 Å². The summed E-state index contributed by atoms with van der Waals surface area (Å²) < 4.78 is 0. The molecule has 0 spiro atoms. The Bertz CT molecular complexity index is 204. The molecule has 0 radical (unpaired) electrons. The molecule has 4 nitrogen and oxygen atoms in total. The van der Waals surface area contributed by atoms with Gasteiger partial charge in [-0.25, -0.2) is 0 Å². The Kier molecular flexibility index (Phi) is 13.2. The van der Waals surface area contributed by atoms with E-state index in [9.17, 15) is 19.8 Å². The van der Waals surface area contributed by atoms with Crippen molar-refractivity contribution in [3.8, 4) is 0 Å². The summed E-state index contributed by atoms with van der Waals surface area (Å²) in [7, 11) is 0. The summed E-state index contributed by atoms with van der Waals surface area (Å²) in [6.45, 7) is 5.04. The van der Waals surface area contributed by atoms with Crippen molar-refractivity contribution in [2.24, 2.45) is 11.3 Å². The summed E-state index contributed by atoms with van der Waals surface area (Å²) in [5, 5.41) is 21.1. The molecular weight excluding hydrogens is 218 g/mol. The van der Waals surface area contributed by atoms with Gasteiger partial charge in [0.05, 0.1) is 11.9 Å². The second-order valence-corrected chi connectivity index (χ2v) is 3.81. The van der Waals surface area contributed by atoms with Gasteiger partial charge in [-0.1, -0.05) is 27.2 Å². The molecule has 0 heterocycles. The Morgan fingerprint density at radius 2 is 1.53 bits per heavy atom. The third kappa shape index (κ3) is 7.16. The van der Waals surface area contributed by atoms with Crippen molar-refractivity contribution in [2.75, 3.05) is 0 Å². The number of hydrogen-bond acceptors (Lipinski definition) is 4. The van der Waals surface area contributed by atoms with E-state index in [0.717, 1.165) is 6.42 Å². The normalized spacial score (nSPS) is 10.1. The van der Waals surface area contributed by atoms with E-state index >= 15 is 0 Å². The zero-order valence-electron chi connectivity index (χ0n) is 10.1. The molecule has 0 aromatic carbocycles. The van der Waals surface area contributed by atoms with E-state index in [0.29, 0.717) is 6.42 Å². The van der Waals surface area contributed by atoms with Gasteiger partial charge in [-0.3, -0.25) is 0 Å². The van der Waals surface area contributed by atoms with Crippen LogP contribution in [0.2, 0.25) is 0 Å². The van der Waals surface area contributed by atoms with E-state index in [4.69, 9.17) is 0 Å². The number of carboxylic acid groups (broad SMARTS) is 2. The van der Waals surface area contributed by atoms with Crippen LogP contribution >= 0.6 is 0 Å². The van der Waals surface area contributed by atoms with Gasteiger partial charge in [-0.15, -0.1) is 0 Å². The Labute approximate surface area is 145 Å². The average Bonchev–Trinajstić information content (AvgIpc) is 1.82. The first-order valence-electron chi connectivity index (χ1n) is 4.24. The van der Waals surface area contributed by atoms with Crippen LogP contribution in [0.5, 0.6) is 0 Å². The predicted octanol–water partition coefficient (Wildman–Crippen LogP) is -7.06. The number of carbonyl (C=O) groups excluding carboxylic acids is 2. The largest absolute Gasteiger partial charge is 1.00 e. The molecule has 0 rings (SSSR count). The summed E-state index contributed by atoms with van der Waals surface area (Å²) in [6.07, 6.45) is 1.24. The Hall–Kier alpha value is 1.17. The van der Waals surface area contributed by atoms with Gasteiger partial charge in [0.1, 0.15) is 0 Å². The average molecular weight is 232 g/mol. The van der Waals surface area contributed by atoms with Crippen molar-refractivity contribution >= 4 is 11.9 Å². The van der Waals surface area contributed by atoms with Gasteiger partial charge < -0.3 is 19.8 Å². The number of aliphatic carboxylic acids is 2. The second-order valence-electron chi connectivity index (χ2n) is 3.81. The van der Waals surface area contributed by atoms with Crippen molar-refractivity contribution < 1.29 is 90.0 Å². The molecule has 0 unspecified atom stereocenters.